The zero-order valence-electron chi connectivity index (χ0n) is 8.75. The van der Waals surface area contributed by atoms with Crippen molar-refractivity contribution in [2.45, 2.75) is 0 Å². The molecule has 0 amide bonds. The van der Waals surface area contributed by atoms with Gasteiger partial charge in [-0.1, -0.05) is 54.3 Å². The third-order valence-electron chi connectivity index (χ3n) is 2.15. The highest BCUT2D eigenvalue weighted by Gasteiger charge is 2.09. The number of thiocarbonyl (C=S) groups is 1. The predicted octanol–water partition coefficient (Wildman–Crippen LogP) is 2.63. The van der Waals surface area contributed by atoms with Crippen LogP contribution in [0.1, 0.15) is 0 Å². The molecule has 0 radical (unpaired) electrons. The first kappa shape index (κ1) is 11.2. The summed E-state index contributed by atoms with van der Waals surface area (Å²) in [5.41, 5.74) is 7.74. The summed E-state index contributed by atoms with van der Waals surface area (Å²) < 4.78 is 2.24. The molecule has 82 valence electrons. The molecular formula is C11H11N3S2. The Hall–Kier alpha value is -1.33. The van der Waals surface area contributed by atoms with Crippen LogP contribution in [0.3, 0.4) is 0 Å². The molecule has 16 heavy (non-hydrogen) atoms. The van der Waals surface area contributed by atoms with E-state index < -0.39 is 0 Å². The van der Waals surface area contributed by atoms with Crippen LogP contribution in [0.5, 0.6) is 0 Å². The van der Waals surface area contributed by atoms with Gasteiger partial charge in [0.05, 0.1) is 5.69 Å². The molecule has 0 unspecified atom stereocenters. The highest BCUT2D eigenvalue weighted by atomic mass is 32.2. The molecule has 0 fully saturated rings. The summed E-state index contributed by atoms with van der Waals surface area (Å²) in [6.07, 6.45) is 1.91. The van der Waals surface area contributed by atoms with E-state index in [1.54, 1.807) is 4.68 Å². The van der Waals surface area contributed by atoms with Crippen LogP contribution >= 0.6 is 24.0 Å². The van der Waals surface area contributed by atoms with Crippen LogP contribution in [0.15, 0.2) is 36.4 Å². The van der Waals surface area contributed by atoms with E-state index in [9.17, 15) is 0 Å². The van der Waals surface area contributed by atoms with Crippen LogP contribution in [-0.2, 0) is 0 Å². The smallest absolute Gasteiger partial charge is 0.163 e. The number of benzene rings is 1. The third kappa shape index (κ3) is 2.10. The molecule has 3 nitrogen and oxygen atoms in total. The number of rotatable bonds is 1. The topological polar surface area (TPSA) is 43.8 Å². The maximum atomic E-state index is 5.85. The summed E-state index contributed by atoms with van der Waals surface area (Å²) in [6, 6.07) is 11.7. The first-order valence-electron chi connectivity index (χ1n) is 4.71. The summed E-state index contributed by atoms with van der Waals surface area (Å²) in [6.45, 7) is 0. The highest BCUT2D eigenvalue weighted by Crippen LogP contribution is 2.21. The molecule has 1 aromatic heterocycles. The minimum Gasteiger partial charge on any atom is -0.384 e. The minimum absolute atomic E-state index is 0.568. The summed E-state index contributed by atoms with van der Waals surface area (Å²) in [4.78, 5) is 0. The Kier molecular flexibility index (Phi) is 3.26. The van der Waals surface area contributed by atoms with E-state index in [-0.39, 0.29) is 0 Å². The van der Waals surface area contributed by atoms with Gasteiger partial charge >= 0.3 is 0 Å². The van der Waals surface area contributed by atoms with Gasteiger partial charge in [-0.3, -0.25) is 0 Å². The maximum absolute atomic E-state index is 5.85. The Morgan fingerprint density at radius 3 is 2.69 bits per heavy atom. The standard InChI is InChI=1S/C11H11N3S2/c1-16-11(15)14-10(12)7-9(13-14)8-5-3-2-4-6-8/h2-7H,12H2,1H3. The molecule has 0 saturated carbocycles. The molecule has 0 saturated heterocycles. The molecule has 2 aromatic rings. The Labute approximate surface area is 104 Å². The van der Waals surface area contributed by atoms with Crippen molar-refractivity contribution in [2.24, 2.45) is 0 Å². The van der Waals surface area contributed by atoms with E-state index in [1.165, 1.54) is 11.8 Å². The van der Waals surface area contributed by atoms with Gasteiger partial charge in [0.2, 0.25) is 0 Å². The minimum atomic E-state index is 0.568. The quantitative estimate of drug-likeness (QED) is 0.789. The Morgan fingerprint density at radius 2 is 2.06 bits per heavy atom. The molecule has 0 bridgehead atoms. The van der Waals surface area contributed by atoms with E-state index >= 15 is 0 Å². The van der Waals surface area contributed by atoms with Gasteiger partial charge in [0, 0.05) is 11.6 Å². The second kappa shape index (κ2) is 4.67. The average Bonchev–Trinajstić information content (AvgIpc) is 2.71. The molecule has 5 heteroatoms. The van der Waals surface area contributed by atoms with E-state index in [4.69, 9.17) is 18.0 Å². The lowest BCUT2D eigenvalue weighted by molar-refractivity contribution is 0.979. The summed E-state index contributed by atoms with van der Waals surface area (Å²) >= 11 is 6.61. The molecule has 1 heterocycles. The lowest BCUT2D eigenvalue weighted by Gasteiger charge is -2.00. The van der Waals surface area contributed by atoms with Crippen LogP contribution in [0.4, 0.5) is 5.82 Å². The number of aromatic nitrogens is 2. The average molecular weight is 249 g/mol. The van der Waals surface area contributed by atoms with Crippen molar-refractivity contribution in [1.29, 1.82) is 0 Å². The van der Waals surface area contributed by atoms with E-state index in [1.807, 2.05) is 42.7 Å². The molecule has 2 rings (SSSR count). The molecule has 0 aliphatic carbocycles. The fourth-order valence-electron chi connectivity index (χ4n) is 1.38. The molecular weight excluding hydrogens is 238 g/mol. The van der Waals surface area contributed by atoms with Gasteiger partial charge in [0.1, 0.15) is 5.82 Å². The Morgan fingerprint density at radius 1 is 1.38 bits per heavy atom. The van der Waals surface area contributed by atoms with E-state index in [0.29, 0.717) is 10.1 Å². The first-order valence-corrected chi connectivity index (χ1v) is 6.35. The zero-order valence-corrected chi connectivity index (χ0v) is 10.4. The largest absolute Gasteiger partial charge is 0.384 e. The van der Waals surface area contributed by atoms with Crippen molar-refractivity contribution >= 4 is 34.1 Å². The number of anilines is 1. The van der Waals surface area contributed by atoms with Crippen molar-refractivity contribution in [2.75, 3.05) is 12.0 Å². The molecule has 0 spiro atoms. The van der Waals surface area contributed by atoms with Crippen molar-refractivity contribution < 1.29 is 0 Å². The monoisotopic (exact) mass is 249 g/mol. The molecule has 0 aliphatic rings. The number of nitrogens with two attached hydrogens (primary N) is 1. The SMILES string of the molecule is CSC(=S)n1nc(-c2ccccc2)cc1N. The Balaban J connectivity index is 2.42. The van der Waals surface area contributed by atoms with Gasteiger partial charge in [0.25, 0.3) is 0 Å². The fraction of sp³-hybridized carbons (Fsp3) is 0.0909. The summed E-state index contributed by atoms with van der Waals surface area (Å²) in [5.74, 6) is 0.568. The lowest BCUT2D eigenvalue weighted by atomic mass is 10.2. The lowest BCUT2D eigenvalue weighted by Crippen LogP contribution is -2.09. The van der Waals surface area contributed by atoms with Gasteiger partial charge in [-0.25, -0.2) is 0 Å². The van der Waals surface area contributed by atoms with Crippen LogP contribution < -0.4 is 5.73 Å². The van der Waals surface area contributed by atoms with Gasteiger partial charge in [0.15, 0.2) is 4.32 Å². The third-order valence-corrected chi connectivity index (χ3v) is 3.35. The first-order chi connectivity index (χ1) is 7.72. The number of thioether (sulfide) groups is 1. The molecule has 2 N–H and O–H groups in total. The normalized spacial score (nSPS) is 10.3. The molecule has 1 aromatic carbocycles. The number of nitrogen functional groups attached to an aromatic ring is 1. The van der Waals surface area contributed by atoms with Crippen LogP contribution in [0.2, 0.25) is 0 Å². The van der Waals surface area contributed by atoms with Crippen molar-refractivity contribution in [3.05, 3.63) is 36.4 Å². The van der Waals surface area contributed by atoms with Gasteiger partial charge < -0.3 is 5.73 Å². The van der Waals surface area contributed by atoms with Crippen molar-refractivity contribution in [3.63, 3.8) is 0 Å². The zero-order chi connectivity index (χ0) is 11.5. The fourth-order valence-corrected chi connectivity index (χ4v) is 1.84. The number of hydrogen-bond acceptors (Lipinski definition) is 4. The molecule has 0 atom stereocenters. The Bertz CT molecular complexity index is 505. The van der Waals surface area contributed by atoms with Gasteiger partial charge in [-0.05, 0) is 6.26 Å². The maximum Gasteiger partial charge on any atom is 0.163 e. The highest BCUT2D eigenvalue weighted by molar-refractivity contribution is 8.22. The van der Waals surface area contributed by atoms with E-state index in [0.717, 1.165) is 11.3 Å². The second-order valence-corrected chi connectivity index (χ2v) is 4.64. The predicted molar refractivity (Wildman–Crippen MR) is 73.6 cm³/mol. The number of hydrogen-bond donors (Lipinski definition) is 1. The van der Waals surface area contributed by atoms with E-state index in [2.05, 4.69) is 5.10 Å². The number of nitrogens with zero attached hydrogens (tertiary/aromatic N) is 2. The van der Waals surface area contributed by atoms with Crippen molar-refractivity contribution in [3.8, 4) is 11.3 Å². The molecule has 0 aliphatic heterocycles. The second-order valence-electron chi connectivity index (χ2n) is 3.20. The summed E-state index contributed by atoms with van der Waals surface area (Å²) in [5, 5.41) is 4.38. The van der Waals surface area contributed by atoms with Crippen molar-refractivity contribution in [1.82, 2.24) is 9.78 Å². The van der Waals surface area contributed by atoms with Gasteiger partial charge in [-0.15, -0.1) is 0 Å². The summed E-state index contributed by atoms with van der Waals surface area (Å²) in [7, 11) is 0. The van der Waals surface area contributed by atoms with Crippen LogP contribution in [-0.4, -0.2) is 20.4 Å². The van der Waals surface area contributed by atoms with Crippen LogP contribution in [0, 0.1) is 0 Å². The van der Waals surface area contributed by atoms with Crippen LogP contribution in [0.25, 0.3) is 11.3 Å². The van der Waals surface area contributed by atoms with Gasteiger partial charge in [-0.2, -0.15) is 9.78 Å².